The van der Waals surface area contributed by atoms with Gasteiger partial charge in [-0.2, -0.15) is 0 Å². The van der Waals surface area contributed by atoms with Gasteiger partial charge in [0, 0.05) is 6.42 Å². The van der Waals surface area contributed by atoms with E-state index >= 15 is 0 Å². The van der Waals surface area contributed by atoms with Gasteiger partial charge in [0.15, 0.2) is 0 Å². The van der Waals surface area contributed by atoms with Gasteiger partial charge in [-0.1, -0.05) is 69.4 Å². The molecule has 0 aliphatic carbocycles. The molecule has 0 rings (SSSR count). The molecular formula is C18H29KO3. The van der Waals surface area contributed by atoms with Crippen molar-refractivity contribution in [1.29, 1.82) is 0 Å². The molecular weight excluding hydrogens is 303 g/mol. The number of unbranched alkanes of at least 4 members (excludes halogenated alkanes) is 6. The first-order chi connectivity index (χ1) is 10.2. The number of hydrogen-bond donors (Lipinski definition) is 1. The number of allylic oxidation sites excluding steroid dienone is 6. The van der Waals surface area contributed by atoms with Gasteiger partial charge in [-0.3, -0.25) is 4.79 Å². The van der Waals surface area contributed by atoms with Crippen LogP contribution in [0.5, 0.6) is 0 Å². The minimum atomic E-state index is -0.699. The molecule has 0 aliphatic rings. The van der Waals surface area contributed by atoms with Crippen molar-refractivity contribution in [3.8, 4) is 0 Å². The van der Waals surface area contributed by atoms with Gasteiger partial charge >= 0.3 is 57.4 Å². The third kappa shape index (κ3) is 20.1. The van der Waals surface area contributed by atoms with Crippen molar-refractivity contribution < 1.29 is 66.4 Å². The van der Waals surface area contributed by atoms with Gasteiger partial charge in [0.25, 0.3) is 0 Å². The summed E-state index contributed by atoms with van der Waals surface area (Å²) in [5.74, 6) is -0.502. The Kier molecular flexibility index (Phi) is 21.2. The number of hydrogen-bond acceptors (Lipinski definition) is 2. The van der Waals surface area contributed by atoms with Crippen molar-refractivity contribution in [2.45, 2.75) is 71.1 Å². The normalized spacial score (nSPS) is 12.0. The first-order valence-electron chi connectivity index (χ1n) is 8.08. The molecule has 1 N–H and O–H groups in total. The molecule has 0 saturated carbocycles. The summed E-state index contributed by atoms with van der Waals surface area (Å²) >= 11 is 0. The van der Waals surface area contributed by atoms with Crippen LogP contribution in [-0.2, 0) is 4.79 Å². The molecule has 0 fully saturated rings. The second kappa shape index (κ2) is 19.2. The second-order valence-corrected chi connectivity index (χ2v) is 5.25. The van der Waals surface area contributed by atoms with Gasteiger partial charge in [0.1, 0.15) is 0 Å². The number of aliphatic carboxylic acids is 1. The zero-order valence-corrected chi connectivity index (χ0v) is 17.3. The minimum absolute atomic E-state index is 0. The Morgan fingerprint density at radius 2 is 1.64 bits per heavy atom. The minimum Gasteiger partial charge on any atom is -0.875 e. The largest absolute Gasteiger partial charge is 1.00 e. The molecule has 0 aromatic heterocycles. The van der Waals surface area contributed by atoms with Crippen molar-refractivity contribution in [2.75, 3.05) is 0 Å². The Balaban J connectivity index is 0. The molecule has 0 aromatic carbocycles. The zero-order valence-electron chi connectivity index (χ0n) is 14.2. The number of rotatable bonds is 13. The molecule has 0 bridgehead atoms. The van der Waals surface area contributed by atoms with Gasteiger partial charge in [-0.25, -0.2) is 0 Å². The summed E-state index contributed by atoms with van der Waals surface area (Å²) in [6, 6.07) is 0. The maximum absolute atomic E-state index is 11.3. The molecule has 0 spiro atoms. The quantitative estimate of drug-likeness (QED) is 0.240. The van der Waals surface area contributed by atoms with Crippen LogP contribution >= 0.6 is 0 Å². The summed E-state index contributed by atoms with van der Waals surface area (Å²) in [6.07, 6.45) is 18.6. The summed E-state index contributed by atoms with van der Waals surface area (Å²) in [4.78, 5) is 10.3. The Bertz CT molecular complexity index is 346. The van der Waals surface area contributed by atoms with E-state index in [0.717, 1.165) is 51.4 Å². The molecule has 22 heavy (non-hydrogen) atoms. The Labute approximate surface area is 178 Å². The summed E-state index contributed by atoms with van der Waals surface area (Å²) in [5.41, 5.74) is 0. The van der Waals surface area contributed by atoms with Crippen LogP contribution in [0.25, 0.3) is 0 Å². The van der Waals surface area contributed by atoms with Crippen LogP contribution in [0.2, 0.25) is 0 Å². The van der Waals surface area contributed by atoms with E-state index in [0.29, 0.717) is 6.42 Å². The molecule has 3 nitrogen and oxygen atoms in total. The maximum Gasteiger partial charge on any atom is 1.00 e. The monoisotopic (exact) mass is 332 g/mol. The van der Waals surface area contributed by atoms with Gasteiger partial charge in [-0.05, 0) is 25.7 Å². The van der Waals surface area contributed by atoms with E-state index in [1.54, 1.807) is 12.2 Å². The maximum atomic E-state index is 11.3. The van der Waals surface area contributed by atoms with E-state index in [2.05, 4.69) is 13.0 Å². The van der Waals surface area contributed by atoms with Crippen molar-refractivity contribution in [3.05, 3.63) is 36.1 Å². The Hall–Kier alpha value is 0.126. The topological polar surface area (TPSA) is 60.4 Å². The van der Waals surface area contributed by atoms with Gasteiger partial charge < -0.3 is 10.2 Å². The SMILES string of the molecule is CCCC/C([O-])=C/C=C/C=C/CCCCCCCC(=O)O.[K+]. The first-order valence-corrected chi connectivity index (χ1v) is 8.08. The van der Waals surface area contributed by atoms with Crippen LogP contribution in [0.15, 0.2) is 36.1 Å². The summed E-state index contributed by atoms with van der Waals surface area (Å²) < 4.78 is 0. The zero-order chi connectivity index (χ0) is 15.8. The molecule has 0 saturated heterocycles. The van der Waals surface area contributed by atoms with E-state index in [1.807, 2.05) is 12.2 Å². The van der Waals surface area contributed by atoms with E-state index in [4.69, 9.17) is 5.11 Å². The van der Waals surface area contributed by atoms with Crippen molar-refractivity contribution >= 4 is 5.97 Å². The van der Waals surface area contributed by atoms with Crippen LogP contribution in [0.3, 0.4) is 0 Å². The molecule has 0 aliphatic heterocycles. The predicted octanol–water partition coefficient (Wildman–Crippen LogP) is 1.35. The van der Waals surface area contributed by atoms with Crippen molar-refractivity contribution in [2.24, 2.45) is 0 Å². The van der Waals surface area contributed by atoms with E-state index in [1.165, 1.54) is 0 Å². The molecule has 120 valence electrons. The first kappa shape index (κ1) is 24.4. The summed E-state index contributed by atoms with van der Waals surface area (Å²) in [6.45, 7) is 2.08. The number of carbonyl (C=O) groups is 1. The Morgan fingerprint density at radius 1 is 0.955 bits per heavy atom. The second-order valence-electron chi connectivity index (χ2n) is 5.25. The molecule has 0 radical (unpaired) electrons. The van der Waals surface area contributed by atoms with Crippen molar-refractivity contribution in [3.63, 3.8) is 0 Å². The third-order valence-electron chi connectivity index (χ3n) is 3.18. The van der Waals surface area contributed by atoms with Crippen molar-refractivity contribution in [1.82, 2.24) is 0 Å². The van der Waals surface area contributed by atoms with E-state index in [9.17, 15) is 9.90 Å². The van der Waals surface area contributed by atoms with Crippen LogP contribution in [0, 0.1) is 0 Å². The predicted molar refractivity (Wildman–Crippen MR) is 85.8 cm³/mol. The smallest absolute Gasteiger partial charge is 0.875 e. The summed E-state index contributed by atoms with van der Waals surface area (Å²) in [5, 5.41) is 19.8. The fraction of sp³-hybridized carbons (Fsp3) is 0.611. The van der Waals surface area contributed by atoms with E-state index < -0.39 is 5.97 Å². The Morgan fingerprint density at radius 3 is 2.32 bits per heavy atom. The van der Waals surface area contributed by atoms with Gasteiger partial charge in [-0.15, -0.1) is 5.76 Å². The fourth-order valence-corrected chi connectivity index (χ4v) is 1.90. The molecule has 0 aromatic rings. The molecule has 0 amide bonds. The van der Waals surface area contributed by atoms with E-state index in [-0.39, 0.29) is 63.6 Å². The van der Waals surface area contributed by atoms with Gasteiger partial charge in [0.2, 0.25) is 0 Å². The number of carboxylic acid groups (broad SMARTS) is 1. The standard InChI is InChI=1S/C18H30O3.K/c1-2-3-14-17(19)15-12-10-8-6-4-5-7-9-11-13-16-18(20)21;/h6,8,10,12,15,19H,2-5,7,9,11,13-14,16H2,1H3,(H,20,21);/q;+1/p-1/b8-6+,12-10+,17-15-;. The average molecular weight is 333 g/mol. The fourth-order valence-electron chi connectivity index (χ4n) is 1.90. The number of carboxylic acids is 1. The molecule has 0 heterocycles. The third-order valence-corrected chi connectivity index (χ3v) is 3.18. The molecule has 0 unspecified atom stereocenters. The molecule has 0 atom stereocenters. The average Bonchev–Trinajstić information content (AvgIpc) is 2.45. The summed E-state index contributed by atoms with van der Waals surface area (Å²) in [7, 11) is 0. The van der Waals surface area contributed by atoms with Crippen LogP contribution in [0.4, 0.5) is 0 Å². The van der Waals surface area contributed by atoms with Gasteiger partial charge in [0.05, 0.1) is 0 Å². The van der Waals surface area contributed by atoms with Crippen LogP contribution in [0.1, 0.15) is 71.1 Å². The van der Waals surface area contributed by atoms with Crippen LogP contribution in [-0.4, -0.2) is 11.1 Å². The molecule has 4 heteroatoms. The van der Waals surface area contributed by atoms with Crippen LogP contribution < -0.4 is 56.5 Å².